The lowest BCUT2D eigenvalue weighted by molar-refractivity contribution is -0.870. The van der Waals surface area contributed by atoms with Crippen LogP contribution in [0.3, 0.4) is 0 Å². The van der Waals surface area contributed by atoms with Crippen LogP contribution < -0.4 is 5.32 Å². The van der Waals surface area contributed by atoms with Crippen molar-refractivity contribution in [3.63, 3.8) is 0 Å². The number of hydrogen-bond donors (Lipinski definition) is 1. The van der Waals surface area contributed by atoms with Gasteiger partial charge in [0.15, 0.2) is 0 Å². The standard InChI is InChI=1S/C21H45N2O6P/c1-7-9-10-11-12-13-14-15-21(24)22-18-20(27-8-2)19-29-30(25,26-6)28-17-16-23(3,4)5/h20H,7-19H2,1-6H3/p+1. The Morgan fingerprint density at radius 1 is 1.00 bits per heavy atom. The number of carbonyl (C=O) groups is 1. The number of quaternary nitrogens is 1. The first-order valence-electron chi connectivity index (χ1n) is 11.3. The summed E-state index contributed by atoms with van der Waals surface area (Å²) in [4.78, 5) is 12.1. The summed E-state index contributed by atoms with van der Waals surface area (Å²) in [6.07, 6.45) is 8.32. The zero-order valence-electron chi connectivity index (χ0n) is 20.1. The fourth-order valence-electron chi connectivity index (χ4n) is 2.70. The topological polar surface area (TPSA) is 83.1 Å². The van der Waals surface area contributed by atoms with Crippen LogP contribution in [0.2, 0.25) is 0 Å². The summed E-state index contributed by atoms with van der Waals surface area (Å²) in [5.74, 6) is 0.00220. The Morgan fingerprint density at radius 2 is 1.63 bits per heavy atom. The van der Waals surface area contributed by atoms with E-state index in [1.165, 1.54) is 39.2 Å². The third kappa shape index (κ3) is 17.2. The minimum Gasteiger partial charge on any atom is -0.374 e. The van der Waals surface area contributed by atoms with Crippen LogP contribution in [0, 0.1) is 0 Å². The summed E-state index contributed by atoms with van der Waals surface area (Å²) in [5, 5.41) is 2.88. The fourth-order valence-corrected chi connectivity index (χ4v) is 3.64. The summed E-state index contributed by atoms with van der Waals surface area (Å²) in [5.41, 5.74) is 0. The molecule has 2 unspecified atom stereocenters. The normalized spacial score (nSPS) is 15.0. The van der Waals surface area contributed by atoms with E-state index in [1.807, 2.05) is 28.1 Å². The second-order valence-corrected chi connectivity index (χ2v) is 10.3. The van der Waals surface area contributed by atoms with E-state index in [2.05, 4.69) is 12.2 Å². The maximum Gasteiger partial charge on any atom is 0.474 e. The molecule has 0 aliphatic carbocycles. The maximum atomic E-state index is 12.6. The number of nitrogens with one attached hydrogen (secondary N) is 1. The minimum atomic E-state index is -3.65. The molecule has 30 heavy (non-hydrogen) atoms. The summed E-state index contributed by atoms with van der Waals surface area (Å²) in [7, 11) is 3.70. The lowest BCUT2D eigenvalue weighted by atomic mass is 10.1. The Balaban J connectivity index is 4.19. The van der Waals surface area contributed by atoms with Crippen molar-refractivity contribution in [3.8, 4) is 0 Å². The van der Waals surface area contributed by atoms with Crippen LogP contribution in [0.25, 0.3) is 0 Å². The number of phosphoric acid groups is 1. The molecule has 0 saturated carbocycles. The van der Waals surface area contributed by atoms with Gasteiger partial charge < -0.3 is 14.5 Å². The number of rotatable bonds is 20. The average Bonchev–Trinajstić information content (AvgIpc) is 2.68. The van der Waals surface area contributed by atoms with E-state index in [4.69, 9.17) is 18.3 Å². The molecule has 0 aromatic heterocycles. The van der Waals surface area contributed by atoms with E-state index in [9.17, 15) is 9.36 Å². The molecule has 0 aliphatic rings. The molecule has 0 radical (unpaired) electrons. The molecule has 9 heteroatoms. The van der Waals surface area contributed by atoms with Crippen molar-refractivity contribution in [2.75, 3.05) is 61.2 Å². The van der Waals surface area contributed by atoms with Crippen molar-refractivity contribution >= 4 is 13.7 Å². The summed E-state index contributed by atoms with van der Waals surface area (Å²) in [6, 6.07) is 0. The number of carbonyl (C=O) groups excluding carboxylic acids is 1. The van der Waals surface area contributed by atoms with Crippen LogP contribution in [0.15, 0.2) is 0 Å². The lowest BCUT2D eigenvalue weighted by Gasteiger charge is -2.25. The molecule has 1 N–H and O–H groups in total. The van der Waals surface area contributed by atoms with Crippen LogP contribution in [0.1, 0.15) is 65.2 Å². The molecule has 8 nitrogen and oxygen atoms in total. The summed E-state index contributed by atoms with van der Waals surface area (Å²) >= 11 is 0. The van der Waals surface area contributed by atoms with Crippen molar-refractivity contribution in [3.05, 3.63) is 0 Å². The third-order valence-corrected chi connectivity index (χ3v) is 6.00. The first-order chi connectivity index (χ1) is 14.2. The lowest BCUT2D eigenvalue weighted by Crippen LogP contribution is -2.37. The largest absolute Gasteiger partial charge is 0.474 e. The smallest absolute Gasteiger partial charge is 0.374 e. The SMILES string of the molecule is CCCCCCCCCC(=O)NCC(COP(=O)(OC)OCC[N+](C)(C)C)OCC. The second-order valence-electron chi connectivity index (χ2n) is 8.53. The molecule has 0 spiro atoms. The van der Waals surface area contributed by atoms with E-state index in [1.54, 1.807) is 0 Å². The predicted molar refractivity (Wildman–Crippen MR) is 120 cm³/mol. The Kier molecular flexibility index (Phi) is 16.8. The zero-order valence-corrected chi connectivity index (χ0v) is 21.0. The molecule has 0 bridgehead atoms. The molecule has 0 saturated heterocycles. The highest BCUT2D eigenvalue weighted by molar-refractivity contribution is 7.48. The van der Waals surface area contributed by atoms with E-state index in [0.717, 1.165) is 12.8 Å². The summed E-state index contributed by atoms with van der Waals surface area (Å²) in [6.45, 7) is 5.76. The second kappa shape index (κ2) is 17.1. The molecule has 1 amide bonds. The molecular weight excluding hydrogens is 407 g/mol. The first kappa shape index (κ1) is 29.5. The molecule has 0 aromatic rings. The molecule has 0 aliphatic heterocycles. The van der Waals surface area contributed by atoms with Gasteiger partial charge in [0, 0.05) is 26.7 Å². The molecule has 0 heterocycles. The van der Waals surface area contributed by atoms with Gasteiger partial charge in [0.05, 0.1) is 33.9 Å². The maximum absolute atomic E-state index is 12.6. The van der Waals surface area contributed by atoms with Gasteiger partial charge >= 0.3 is 7.82 Å². The number of nitrogens with zero attached hydrogens (tertiary/aromatic N) is 1. The number of amides is 1. The Hall–Kier alpha value is -0.500. The van der Waals surface area contributed by atoms with Crippen molar-refractivity contribution < 1.29 is 32.2 Å². The zero-order chi connectivity index (χ0) is 22.9. The minimum absolute atomic E-state index is 0.00220. The molecule has 180 valence electrons. The quantitative estimate of drug-likeness (QED) is 0.169. The van der Waals surface area contributed by atoms with Crippen molar-refractivity contribution in [1.29, 1.82) is 0 Å². The van der Waals surface area contributed by atoms with Gasteiger partial charge in [0.1, 0.15) is 13.2 Å². The van der Waals surface area contributed by atoms with Crippen LogP contribution >= 0.6 is 7.82 Å². The van der Waals surface area contributed by atoms with Crippen LogP contribution in [-0.4, -0.2) is 77.7 Å². The number of likely N-dealkylation sites (N-methyl/N-ethyl adjacent to an activating group) is 1. The van der Waals surface area contributed by atoms with Crippen LogP contribution in [-0.2, 0) is 27.7 Å². The molecule has 0 rings (SSSR count). The number of hydrogen-bond acceptors (Lipinski definition) is 6. The van der Waals surface area contributed by atoms with Gasteiger partial charge in [-0.25, -0.2) is 4.57 Å². The highest BCUT2D eigenvalue weighted by atomic mass is 31.2. The van der Waals surface area contributed by atoms with Gasteiger partial charge in [0.2, 0.25) is 5.91 Å². The Labute approximate surface area is 184 Å². The number of phosphoric ester groups is 1. The van der Waals surface area contributed by atoms with Crippen LogP contribution in [0.5, 0.6) is 0 Å². The molecular formula is C21H46N2O6P+. The van der Waals surface area contributed by atoms with E-state index in [0.29, 0.717) is 30.6 Å². The molecule has 0 aromatic carbocycles. The highest BCUT2D eigenvalue weighted by Gasteiger charge is 2.28. The number of ether oxygens (including phenoxy) is 1. The van der Waals surface area contributed by atoms with Gasteiger partial charge in [-0.05, 0) is 13.3 Å². The fraction of sp³-hybridized carbons (Fsp3) is 0.952. The van der Waals surface area contributed by atoms with E-state index < -0.39 is 13.9 Å². The van der Waals surface area contributed by atoms with Crippen molar-refractivity contribution in [2.24, 2.45) is 0 Å². The van der Waals surface area contributed by atoms with Gasteiger partial charge in [0.25, 0.3) is 0 Å². The van der Waals surface area contributed by atoms with Gasteiger partial charge in [-0.1, -0.05) is 45.4 Å². The predicted octanol–water partition coefficient (Wildman–Crippen LogP) is 4.14. The molecule has 0 fully saturated rings. The van der Waals surface area contributed by atoms with Crippen LogP contribution in [0.4, 0.5) is 0 Å². The van der Waals surface area contributed by atoms with E-state index in [-0.39, 0.29) is 19.1 Å². The summed E-state index contributed by atoms with van der Waals surface area (Å²) < 4.78 is 34.6. The Morgan fingerprint density at radius 3 is 2.20 bits per heavy atom. The first-order valence-corrected chi connectivity index (χ1v) is 12.8. The monoisotopic (exact) mass is 453 g/mol. The molecule has 2 atom stereocenters. The number of unbranched alkanes of at least 4 members (excludes halogenated alkanes) is 6. The van der Waals surface area contributed by atoms with Gasteiger partial charge in [-0.15, -0.1) is 0 Å². The Bertz CT molecular complexity index is 485. The van der Waals surface area contributed by atoms with Gasteiger partial charge in [-0.2, -0.15) is 0 Å². The van der Waals surface area contributed by atoms with E-state index >= 15 is 0 Å². The van der Waals surface area contributed by atoms with Gasteiger partial charge in [-0.3, -0.25) is 18.4 Å². The van der Waals surface area contributed by atoms with Crippen molar-refractivity contribution in [1.82, 2.24) is 5.32 Å². The highest BCUT2D eigenvalue weighted by Crippen LogP contribution is 2.48. The van der Waals surface area contributed by atoms with Crippen molar-refractivity contribution in [2.45, 2.75) is 71.3 Å². The third-order valence-electron chi connectivity index (χ3n) is 4.59. The average molecular weight is 454 g/mol.